The molecule has 9 nitrogen and oxygen atoms in total. The van der Waals surface area contributed by atoms with Crippen molar-refractivity contribution >= 4 is 17.9 Å². The van der Waals surface area contributed by atoms with Gasteiger partial charge in [0.05, 0.1) is 34.4 Å². The van der Waals surface area contributed by atoms with E-state index in [0.29, 0.717) is 23.9 Å². The second kappa shape index (κ2) is 59.8. The van der Waals surface area contributed by atoms with Gasteiger partial charge in [-0.1, -0.05) is 251 Å². The lowest BCUT2D eigenvalue weighted by Crippen LogP contribution is -2.40. The van der Waals surface area contributed by atoms with E-state index < -0.39 is 24.3 Å². The van der Waals surface area contributed by atoms with Gasteiger partial charge in [0.2, 0.25) is 0 Å². The number of rotatable bonds is 57. The number of aliphatic carboxylic acids is 1. The normalized spacial score (nSPS) is 13.6. The second-order valence-corrected chi connectivity index (χ2v) is 22.0. The molecule has 2 atom stereocenters. The number of carboxylic acid groups (broad SMARTS) is 1. The van der Waals surface area contributed by atoms with Crippen molar-refractivity contribution in [2.24, 2.45) is 0 Å². The molecule has 0 aromatic heterocycles. The molecule has 0 rings (SSSR count). The number of hydrogen-bond acceptors (Lipinski definition) is 7. The van der Waals surface area contributed by atoms with Gasteiger partial charge in [-0.2, -0.15) is 0 Å². The minimum absolute atomic E-state index is 0.179. The van der Waals surface area contributed by atoms with Crippen LogP contribution in [0.2, 0.25) is 0 Å². The number of carboxylic acids is 1. The number of likely N-dealkylation sites (N-methyl/N-ethyl adjacent to an activating group) is 1. The molecule has 0 aliphatic heterocycles. The van der Waals surface area contributed by atoms with Gasteiger partial charge in [-0.05, 0) is 103 Å². The first-order valence-corrected chi connectivity index (χ1v) is 31.7. The summed E-state index contributed by atoms with van der Waals surface area (Å²) in [4.78, 5) is 37.4. The van der Waals surface area contributed by atoms with Crippen LogP contribution in [0.15, 0.2) is 122 Å². The first-order chi connectivity index (χ1) is 38.6. The molecule has 0 saturated carbocycles. The summed E-state index contributed by atoms with van der Waals surface area (Å²) in [5.74, 6) is -2.05. The van der Waals surface area contributed by atoms with Crippen LogP contribution >= 0.6 is 0 Å². The standard InChI is InChI=1S/C70H117NO8/c1-6-8-10-12-14-16-18-20-21-22-23-24-25-26-27-28-29-30-31-32-33-34-35-36-37-38-39-40-41-42-43-44-45-46-47-49-51-53-55-57-59-61-68(73)79-66(65-78-70(69(74)75)76-63-62-71(3,4)5)64-77-67(72)60-58-56-54-52-50-48-19-17-15-13-11-9-7-2/h8-11,14-17,20-21,23-24,26-27,29-30,32-33,48,50,66,70H,6-7,12-13,18-19,22,25,28,31,34-47,49,51-65H2,1-5H3/p+1/b10-8-,11-9-,16-14-,17-15-,21-20-,24-23-,27-26-,30-29-,33-32-,50-48-. The molecule has 0 saturated heterocycles. The van der Waals surface area contributed by atoms with E-state index in [4.69, 9.17) is 18.9 Å². The fourth-order valence-corrected chi connectivity index (χ4v) is 8.42. The quantitative estimate of drug-likeness (QED) is 0.0211. The zero-order chi connectivity index (χ0) is 57.6. The number of carbonyl (C=O) groups excluding carboxylic acids is 2. The second-order valence-electron chi connectivity index (χ2n) is 22.0. The minimum Gasteiger partial charge on any atom is -0.477 e. The van der Waals surface area contributed by atoms with E-state index in [-0.39, 0.29) is 38.6 Å². The Morgan fingerprint density at radius 1 is 0.380 bits per heavy atom. The lowest BCUT2D eigenvalue weighted by molar-refractivity contribution is -0.870. The molecule has 0 aromatic rings. The topological polar surface area (TPSA) is 108 Å². The molecule has 0 aliphatic carbocycles. The van der Waals surface area contributed by atoms with Crippen molar-refractivity contribution in [2.45, 2.75) is 257 Å². The molecule has 0 bridgehead atoms. The Hall–Kier alpha value is -4.31. The monoisotopic (exact) mass is 1100 g/mol. The zero-order valence-corrected chi connectivity index (χ0v) is 51.2. The summed E-state index contributed by atoms with van der Waals surface area (Å²) in [6.45, 7) is 4.61. The lowest BCUT2D eigenvalue weighted by Gasteiger charge is -2.25. The Kier molecular flexibility index (Phi) is 56.5. The van der Waals surface area contributed by atoms with Crippen molar-refractivity contribution in [3.05, 3.63) is 122 Å². The van der Waals surface area contributed by atoms with E-state index in [2.05, 4.69) is 135 Å². The number of carbonyl (C=O) groups is 3. The Bertz CT molecular complexity index is 1710. The highest BCUT2D eigenvalue weighted by molar-refractivity contribution is 5.71. The fraction of sp³-hybridized carbons (Fsp3) is 0.671. The van der Waals surface area contributed by atoms with E-state index >= 15 is 0 Å². The zero-order valence-electron chi connectivity index (χ0n) is 51.2. The molecule has 0 aliphatic rings. The molecule has 0 aromatic carbocycles. The molecule has 0 spiro atoms. The van der Waals surface area contributed by atoms with E-state index in [0.717, 1.165) is 96.3 Å². The number of quaternary nitrogens is 1. The van der Waals surface area contributed by atoms with Gasteiger partial charge in [-0.25, -0.2) is 4.79 Å². The summed E-state index contributed by atoms with van der Waals surface area (Å²) < 4.78 is 22.8. The van der Waals surface area contributed by atoms with E-state index in [1.54, 1.807) is 0 Å². The fourth-order valence-electron chi connectivity index (χ4n) is 8.42. The Morgan fingerprint density at radius 3 is 1.03 bits per heavy atom. The van der Waals surface area contributed by atoms with Gasteiger partial charge in [-0.15, -0.1) is 0 Å². The summed E-state index contributed by atoms with van der Waals surface area (Å²) in [7, 11) is 5.95. The average molecular weight is 1100 g/mol. The number of nitrogens with zero attached hydrogens (tertiary/aromatic N) is 1. The third-order valence-electron chi connectivity index (χ3n) is 13.2. The number of allylic oxidation sites excluding steroid dienone is 20. The smallest absolute Gasteiger partial charge is 0.361 e. The maximum absolute atomic E-state index is 12.9. The highest BCUT2D eigenvalue weighted by Gasteiger charge is 2.25. The Balaban J connectivity index is 4.01. The molecule has 0 heterocycles. The van der Waals surface area contributed by atoms with Gasteiger partial charge in [0.15, 0.2) is 6.10 Å². The Morgan fingerprint density at radius 2 is 0.684 bits per heavy atom. The first-order valence-electron chi connectivity index (χ1n) is 31.7. The molecule has 79 heavy (non-hydrogen) atoms. The van der Waals surface area contributed by atoms with Gasteiger partial charge in [0.25, 0.3) is 6.29 Å². The van der Waals surface area contributed by atoms with Crippen molar-refractivity contribution < 1.29 is 42.9 Å². The molecular weight excluding hydrogens is 983 g/mol. The molecule has 450 valence electrons. The van der Waals surface area contributed by atoms with Crippen LogP contribution < -0.4 is 0 Å². The largest absolute Gasteiger partial charge is 0.477 e. The van der Waals surface area contributed by atoms with Crippen molar-refractivity contribution in [1.29, 1.82) is 0 Å². The number of hydrogen-bond donors (Lipinski definition) is 1. The summed E-state index contributed by atoms with van der Waals surface area (Å²) in [6.07, 6.45) is 81.8. The van der Waals surface area contributed by atoms with E-state index in [9.17, 15) is 19.5 Å². The van der Waals surface area contributed by atoms with Gasteiger partial charge in [0, 0.05) is 12.8 Å². The van der Waals surface area contributed by atoms with Gasteiger partial charge in [-0.3, -0.25) is 9.59 Å². The van der Waals surface area contributed by atoms with Crippen LogP contribution in [0.25, 0.3) is 0 Å². The summed E-state index contributed by atoms with van der Waals surface area (Å²) in [5.41, 5.74) is 0. The lowest BCUT2D eigenvalue weighted by atomic mass is 10.0. The molecule has 9 heteroatoms. The van der Waals surface area contributed by atoms with Gasteiger partial charge >= 0.3 is 17.9 Å². The van der Waals surface area contributed by atoms with Crippen molar-refractivity contribution in [3.8, 4) is 0 Å². The van der Waals surface area contributed by atoms with Crippen molar-refractivity contribution in [2.75, 3.05) is 47.5 Å². The molecule has 0 radical (unpaired) electrons. The highest BCUT2D eigenvalue weighted by Crippen LogP contribution is 2.16. The van der Waals surface area contributed by atoms with Crippen LogP contribution in [0.1, 0.15) is 245 Å². The van der Waals surface area contributed by atoms with Crippen LogP contribution in [-0.2, 0) is 33.3 Å². The number of esters is 2. The maximum Gasteiger partial charge on any atom is 0.361 e. The summed E-state index contributed by atoms with van der Waals surface area (Å²) in [6, 6.07) is 0. The third kappa shape index (κ3) is 61.2. The third-order valence-corrected chi connectivity index (χ3v) is 13.2. The molecule has 0 amide bonds. The molecule has 2 unspecified atom stereocenters. The predicted molar refractivity (Wildman–Crippen MR) is 336 cm³/mol. The number of unbranched alkanes of at least 4 members (excludes halogenated alkanes) is 22. The maximum atomic E-state index is 12.9. The van der Waals surface area contributed by atoms with Crippen LogP contribution in [0.5, 0.6) is 0 Å². The molecule has 0 fully saturated rings. The van der Waals surface area contributed by atoms with Gasteiger partial charge in [0.1, 0.15) is 13.2 Å². The first kappa shape index (κ1) is 74.7. The SMILES string of the molecule is CC/C=C\C/C=C\C/C=C\C/C=C\C/C=C\C/C=C\C/C=C\CCCCCCCCCCCCCCCCCCCCCC(=O)OC(COC(=O)CCCCC/C=C\C/C=C\C/C=C\CC)COC(OCC[N+](C)(C)C)C(=O)O. The summed E-state index contributed by atoms with van der Waals surface area (Å²) >= 11 is 0. The predicted octanol–water partition coefficient (Wildman–Crippen LogP) is 19.2. The van der Waals surface area contributed by atoms with Crippen LogP contribution in [0, 0.1) is 0 Å². The molecule has 1 N–H and O–H groups in total. The van der Waals surface area contributed by atoms with Crippen LogP contribution in [0.3, 0.4) is 0 Å². The van der Waals surface area contributed by atoms with Gasteiger partial charge < -0.3 is 28.5 Å². The highest BCUT2D eigenvalue weighted by atomic mass is 16.7. The van der Waals surface area contributed by atoms with E-state index in [1.165, 1.54) is 109 Å². The van der Waals surface area contributed by atoms with Crippen LogP contribution in [-0.4, -0.2) is 87.4 Å². The minimum atomic E-state index is -1.52. The van der Waals surface area contributed by atoms with E-state index in [1.807, 2.05) is 21.1 Å². The average Bonchev–Trinajstić information content (AvgIpc) is 3.42. The van der Waals surface area contributed by atoms with Crippen molar-refractivity contribution in [1.82, 2.24) is 0 Å². The van der Waals surface area contributed by atoms with Crippen LogP contribution in [0.4, 0.5) is 0 Å². The molecular formula is C70H118NO8+. The number of ether oxygens (including phenoxy) is 4. The Labute approximate surface area is 485 Å². The summed E-state index contributed by atoms with van der Waals surface area (Å²) in [5, 5.41) is 9.69. The van der Waals surface area contributed by atoms with Crippen molar-refractivity contribution in [3.63, 3.8) is 0 Å².